The molecule has 3 rings (SSSR count). The lowest BCUT2D eigenvalue weighted by Gasteiger charge is -2.45. The van der Waals surface area contributed by atoms with Crippen LogP contribution in [0.4, 0.5) is 0 Å². The first kappa shape index (κ1) is 15.5. The van der Waals surface area contributed by atoms with E-state index in [1.165, 1.54) is 19.3 Å². The van der Waals surface area contributed by atoms with Gasteiger partial charge in [0.2, 0.25) is 0 Å². The van der Waals surface area contributed by atoms with Gasteiger partial charge in [-0.15, -0.1) is 0 Å². The zero-order valence-corrected chi connectivity index (χ0v) is 13.9. The molecule has 0 aromatic heterocycles. The van der Waals surface area contributed by atoms with Crippen LogP contribution in [0.2, 0.25) is 0 Å². The van der Waals surface area contributed by atoms with Crippen LogP contribution in [0.5, 0.6) is 17.2 Å². The lowest BCUT2D eigenvalue weighted by molar-refractivity contribution is -0.00332. The molecule has 1 aromatic carbocycles. The van der Waals surface area contributed by atoms with Gasteiger partial charge >= 0.3 is 0 Å². The zero-order valence-electron chi connectivity index (χ0n) is 13.9. The molecule has 2 aliphatic rings. The third-order valence-electron chi connectivity index (χ3n) is 5.00. The van der Waals surface area contributed by atoms with Crippen molar-refractivity contribution in [3.05, 3.63) is 17.7 Å². The van der Waals surface area contributed by atoms with E-state index < -0.39 is 0 Å². The number of hydrogen-bond acceptors (Lipinski definition) is 4. The van der Waals surface area contributed by atoms with Crippen molar-refractivity contribution in [1.82, 2.24) is 5.32 Å². The van der Waals surface area contributed by atoms with E-state index in [2.05, 4.69) is 12.2 Å². The Hall–Kier alpha value is -1.42. The summed E-state index contributed by atoms with van der Waals surface area (Å²) in [5.41, 5.74) is 1.12. The molecule has 1 unspecified atom stereocenters. The van der Waals surface area contributed by atoms with Crippen LogP contribution in [-0.4, -0.2) is 26.4 Å². The molecule has 0 bridgehead atoms. The number of benzene rings is 1. The number of fused-ring (bicyclic) bond motifs is 1. The molecule has 1 spiro atoms. The summed E-state index contributed by atoms with van der Waals surface area (Å²) in [6, 6.07) is 4.25. The minimum atomic E-state index is -0.0184. The van der Waals surface area contributed by atoms with Gasteiger partial charge in [-0.3, -0.25) is 0 Å². The SMILES string of the molecule is CCNC1CC2(CCCCC2)Oc2cc(OC)cc(OC)c21. The summed E-state index contributed by atoms with van der Waals surface area (Å²) in [4.78, 5) is 0. The quantitative estimate of drug-likeness (QED) is 0.917. The maximum atomic E-state index is 6.52. The van der Waals surface area contributed by atoms with Crippen molar-refractivity contribution in [2.45, 2.75) is 57.1 Å². The molecule has 1 aliphatic heterocycles. The van der Waals surface area contributed by atoms with Gasteiger partial charge in [0.25, 0.3) is 0 Å². The van der Waals surface area contributed by atoms with Crippen LogP contribution in [-0.2, 0) is 0 Å². The average Bonchev–Trinajstić information content (AvgIpc) is 2.54. The van der Waals surface area contributed by atoms with Crippen LogP contribution in [0.1, 0.15) is 57.1 Å². The highest BCUT2D eigenvalue weighted by atomic mass is 16.5. The number of methoxy groups -OCH3 is 2. The summed E-state index contributed by atoms with van der Waals surface area (Å²) in [5, 5.41) is 3.62. The van der Waals surface area contributed by atoms with Crippen LogP contribution in [0.3, 0.4) is 0 Å². The molecule has 0 saturated heterocycles. The fourth-order valence-electron chi connectivity index (χ4n) is 3.96. The van der Waals surface area contributed by atoms with Crippen molar-refractivity contribution in [1.29, 1.82) is 0 Å². The number of ether oxygens (including phenoxy) is 3. The fourth-order valence-corrected chi connectivity index (χ4v) is 3.96. The Bertz CT molecular complexity index is 523. The Morgan fingerprint density at radius 2 is 1.95 bits per heavy atom. The smallest absolute Gasteiger partial charge is 0.132 e. The van der Waals surface area contributed by atoms with Crippen molar-refractivity contribution >= 4 is 0 Å². The van der Waals surface area contributed by atoms with E-state index in [9.17, 15) is 0 Å². The molecule has 1 aromatic rings. The molecule has 4 heteroatoms. The van der Waals surface area contributed by atoms with Crippen LogP contribution in [0.25, 0.3) is 0 Å². The first-order chi connectivity index (χ1) is 10.7. The molecule has 1 heterocycles. The summed E-state index contributed by atoms with van der Waals surface area (Å²) < 4.78 is 17.5. The number of nitrogens with one attached hydrogen (secondary N) is 1. The van der Waals surface area contributed by atoms with Crippen molar-refractivity contribution in [2.24, 2.45) is 0 Å². The van der Waals surface area contributed by atoms with Gasteiger partial charge in [0.15, 0.2) is 0 Å². The highest BCUT2D eigenvalue weighted by molar-refractivity contribution is 5.54. The summed E-state index contributed by atoms with van der Waals surface area (Å²) in [7, 11) is 3.39. The summed E-state index contributed by atoms with van der Waals surface area (Å²) in [5.74, 6) is 2.57. The normalized spacial score (nSPS) is 22.8. The summed E-state index contributed by atoms with van der Waals surface area (Å²) in [6.07, 6.45) is 7.16. The van der Waals surface area contributed by atoms with Gasteiger partial charge in [0.1, 0.15) is 22.8 Å². The molecule has 1 atom stereocenters. The van der Waals surface area contributed by atoms with Crippen LogP contribution in [0.15, 0.2) is 12.1 Å². The van der Waals surface area contributed by atoms with E-state index in [1.807, 2.05) is 12.1 Å². The monoisotopic (exact) mass is 305 g/mol. The van der Waals surface area contributed by atoms with Crippen molar-refractivity contribution < 1.29 is 14.2 Å². The molecule has 1 saturated carbocycles. The maximum absolute atomic E-state index is 6.52. The average molecular weight is 305 g/mol. The van der Waals surface area contributed by atoms with Gasteiger partial charge in [-0.2, -0.15) is 0 Å². The second-order valence-electron chi connectivity index (χ2n) is 6.40. The van der Waals surface area contributed by atoms with Gasteiger partial charge < -0.3 is 19.5 Å². The first-order valence-electron chi connectivity index (χ1n) is 8.39. The number of rotatable bonds is 4. The zero-order chi connectivity index (χ0) is 15.6. The lowest BCUT2D eigenvalue weighted by atomic mass is 9.77. The first-order valence-corrected chi connectivity index (χ1v) is 8.39. The highest BCUT2D eigenvalue weighted by Gasteiger charge is 2.43. The third-order valence-corrected chi connectivity index (χ3v) is 5.00. The molecule has 0 amide bonds. The van der Waals surface area contributed by atoms with E-state index in [-0.39, 0.29) is 11.6 Å². The Kier molecular flexibility index (Phi) is 4.48. The van der Waals surface area contributed by atoms with Crippen molar-refractivity contribution in [3.8, 4) is 17.2 Å². The molecular weight excluding hydrogens is 278 g/mol. The van der Waals surface area contributed by atoms with Crippen molar-refractivity contribution in [2.75, 3.05) is 20.8 Å². The molecular formula is C18H27NO3. The van der Waals surface area contributed by atoms with Crippen LogP contribution in [0, 0.1) is 0 Å². The largest absolute Gasteiger partial charge is 0.496 e. The molecule has 122 valence electrons. The molecule has 4 nitrogen and oxygen atoms in total. The minimum absolute atomic E-state index is 0.0184. The minimum Gasteiger partial charge on any atom is -0.496 e. The van der Waals surface area contributed by atoms with Gasteiger partial charge in [0.05, 0.1) is 19.8 Å². The summed E-state index contributed by atoms with van der Waals surface area (Å²) in [6.45, 7) is 3.09. The number of hydrogen-bond donors (Lipinski definition) is 1. The fraction of sp³-hybridized carbons (Fsp3) is 0.667. The van der Waals surface area contributed by atoms with Crippen LogP contribution < -0.4 is 19.5 Å². The maximum Gasteiger partial charge on any atom is 0.132 e. The Balaban J connectivity index is 2.03. The lowest BCUT2D eigenvalue weighted by Crippen LogP contribution is -2.45. The molecule has 22 heavy (non-hydrogen) atoms. The van der Waals surface area contributed by atoms with E-state index in [4.69, 9.17) is 14.2 Å². The standard InChI is InChI=1S/C18H27NO3/c1-4-19-14-12-18(8-6-5-7-9-18)22-16-11-13(20-2)10-15(21-3)17(14)16/h10-11,14,19H,4-9,12H2,1-3H3. The Labute approximate surface area is 133 Å². The summed E-state index contributed by atoms with van der Waals surface area (Å²) >= 11 is 0. The van der Waals surface area contributed by atoms with Crippen LogP contribution >= 0.6 is 0 Å². The van der Waals surface area contributed by atoms with E-state index in [1.54, 1.807) is 14.2 Å². The van der Waals surface area contributed by atoms with Gasteiger partial charge in [-0.1, -0.05) is 13.3 Å². The van der Waals surface area contributed by atoms with Gasteiger partial charge in [-0.05, 0) is 32.2 Å². The molecule has 0 radical (unpaired) electrons. The topological polar surface area (TPSA) is 39.7 Å². The van der Waals surface area contributed by atoms with Gasteiger partial charge in [0, 0.05) is 24.6 Å². The Morgan fingerprint density at radius 1 is 1.18 bits per heavy atom. The Morgan fingerprint density at radius 3 is 2.59 bits per heavy atom. The predicted molar refractivity (Wildman–Crippen MR) is 87.0 cm³/mol. The predicted octanol–water partition coefficient (Wildman–Crippen LogP) is 3.84. The van der Waals surface area contributed by atoms with Gasteiger partial charge in [-0.25, -0.2) is 0 Å². The highest BCUT2D eigenvalue weighted by Crippen LogP contribution is 2.50. The molecule has 1 N–H and O–H groups in total. The third kappa shape index (κ3) is 2.76. The van der Waals surface area contributed by atoms with Crippen molar-refractivity contribution in [3.63, 3.8) is 0 Å². The molecule has 1 aliphatic carbocycles. The van der Waals surface area contributed by atoms with E-state index in [0.717, 1.165) is 48.6 Å². The second-order valence-corrected chi connectivity index (χ2v) is 6.40. The second kappa shape index (κ2) is 6.37. The van der Waals surface area contributed by atoms with E-state index >= 15 is 0 Å². The van der Waals surface area contributed by atoms with E-state index in [0.29, 0.717) is 0 Å². The molecule has 1 fully saturated rings.